The highest BCUT2D eigenvalue weighted by molar-refractivity contribution is 7.99. The molecule has 0 aliphatic heterocycles. The molecular weight excluding hydrogens is 244 g/mol. The van der Waals surface area contributed by atoms with Gasteiger partial charge in [0.15, 0.2) is 0 Å². The Hall–Kier alpha value is -0.220. The van der Waals surface area contributed by atoms with Gasteiger partial charge in [0.2, 0.25) is 5.91 Å². The Morgan fingerprint density at radius 3 is 2.17 bits per heavy atom. The van der Waals surface area contributed by atoms with Crippen LogP contribution in [0.25, 0.3) is 0 Å². The van der Waals surface area contributed by atoms with E-state index in [1.807, 2.05) is 37.6 Å². The zero-order chi connectivity index (χ0) is 14.4. The Balaban J connectivity index is 0. The average molecular weight is 276 g/mol. The van der Waals surface area contributed by atoms with Gasteiger partial charge in [-0.15, -0.1) is 0 Å². The van der Waals surface area contributed by atoms with Crippen molar-refractivity contribution in [2.45, 2.75) is 40.0 Å². The largest absolute Gasteiger partial charge is 0.346 e. The van der Waals surface area contributed by atoms with E-state index in [1.165, 1.54) is 0 Å². The monoisotopic (exact) mass is 276 g/mol. The summed E-state index contributed by atoms with van der Waals surface area (Å²) in [6, 6.07) is 0. The van der Waals surface area contributed by atoms with Crippen LogP contribution in [-0.2, 0) is 4.79 Å². The summed E-state index contributed by atoms with van der Waals surface area (Å²) in [6.07, 6.45) is 2.76. The van der Waals surface area contributed by atoms with Gasteiger partial charge in [0.1, 0.15) is 0 Å². The van der Waals surface area contributed by atoms with Crippen molar-refractivity contribution in [2.24, 2.45) is 0 Å². The lowest BCUT2D eigenvalue weighted by Crippen LogP contribution is -2.29. The number of carbonyl (C=O) groups is 1. The maximum Gasteiger partial charge on any atom is 0.222 e. The number of thioether (sulfide) groups is 1. The molecule has 4 heteroatoms. The molecule has 0 aromatic heterocycles. The average Bonchev–Trinajstić information content (AvgIpc) is 2.36. The van der Waals surface area contributed by atoms with Crippen molar-refractivity contribution in [3.05, 3.63) is 0 Å². The van der Waals surface area contributed by atoms with E-state index in [2.05, 4.69) is 25.9 Å². The van der Waals surface area contributed by atoms with Crippen LogP contribution in [0.4, 0.5) is 0 Å². The molecular formula is C14H32N2OS. The summed E-state index contributed by atoms with van der Waals surface area (Å²) in [5.74, 6) is 2.54. The van der Waals surface area contributed by atoms with Crippen LogP contribution in [0, 0.1) is 0 Å². The molecule has 0 radical (unpaired) electrons. The smallest absolute Gasteiger partial charge is 0.222 e. The highest BCUT2D eigenvalue weighted by Gasteiger charge is 2.07. The van der Waals surface area contributed by atoms with Gasteiger partial charge in [0, 0.05) is 20.0 Å². The van der Waals surface area contributed by atoms with E-state index < -0.39 is 0 Å². The fourth-order valence-corrected chi connectivity index (χ4v) is 2.05. The van der Waals surface area contributed by atoms with E-state index in [4.69, 9.17) is 0 Å². The standard InChI is InChI=1S/C12H26N2OS.C2H6/c1-5-16-11-6-8-12(15)14(4)10-7-9-13(2)3;1-2/h5-11H2,1-4H3;1-2H3. The number of hydrogen-bond acceptors (Lipinski definition) is 3. The van der Waals surface area contributed by atoms with Crippen LogP contribution in [0.5, 0.6) is 0 Å². The fraction of sp³-hybridized carbons (Fsp3) is 0.929. The fourth-order valence-electron chi connectivity index (χ4n) is 1.41. The summed E-state index contributed by atoms with van der Waals surface area (Å²) >= 11 is 1.91. The summed E-state index contributed by atoms with van der Waals surface area (Å²) in [4.78, 5) is 15.7. The van der Waals surface area contributed by atoms with E-state index in [0.29, 0.717) is 6.42 Å². The molecule has 0 saturated heterocycles. The molecule has 110 valence electrons. The number of carbonyl (C=O) groups excluding carboxylic acids is 1. The molecule has 0 bridgehead atoms. The number of amides is 1. The molecule has 0 spiro atoms. The van der Waals surface area contributed by atoms with Gasteiger partial charge in [-0.3, -0.25) is 4.79 Å². The zero-order valence-corrected chi connectivity index (χ0v) is 14.0. The molecule has 0 aliphatic carbocycles. The molecule has 0 N–H and O–H groups in total. The maximum atomic E-state index is 11.7. The lowest BCUT2D eigenvalue weighted by atomic mass is 10.3. The van der Waals surface area contributed by atoms with Gasteiger partial charge in [-0.05, 0) is 45.0 Å². The van der Waals surface area contributed by atoms with Gasteiger partial charge < -0.3 is 9.80 Å². The van der Waals surface area contributed by atoms with E-state index in [9.17, 15) is 4.79 Å². The van der Waals surface area contributed by atoms with E-state index in [1.54, 1.807) is 0 Å². The van der Waals surface area contributed by atoms with Crippen molar-refractivity contribution >= 4 is 17.7 Å². The topological polar surface area (TPSA) is 23.6 Å². The number of hydrogen-bond donors (Lipinski definition) is 0. The van der Waals surface area contributed by atoms with Crippen molar-refractivity contribution in [1.82, 2.24) is 9.80 Å². The molecule has 0 aromatic carbocycles. The van der Waals surface area contributed by atoms with Gasteiger partial charge in [-0.25, -0.2) is 0 Å². The highest BCUT2D eigenvalue weighted by atomic mass is 32.2. The molecule has 0 aromatic rings. The number of nitrogens with zero attached hydrogens (tertiary/aromatic N) is 2. The Morgan fingerprint density at radius 1 is 1.06 bits per heavy atom. The minimum absolute atomic E-state index is 0.287. The van der Waals surface area contributed by atoms with Gasteiger partial charge >= 0.3 is 0 Å². The minimum Gasteiger partial charge on any atom is -0.346 e. The maximum absolute atomic E-state index is 11.7. The Labute approximate surface area is 118 Å². The van der Waals surface area contributed by atoms with Gasteiger partial charge in [0.25, 0.3) is 0 Å². The van der Waals surface area contributed by atoms with E-state index in [-0.39, 0.29) is 5.91 Å². The molecule has 0 unspecified atom stereocenters. The van der Waals surface area contributed by atoms with Crippen molar-refractivity contribution in [3.8, 4) is 0 Å². The first-order valence-corrected chi connectivity index (χ1v) is 8.19. The van der Waals surface area contributed by atoms with Crippen LogP contribution in [0.1, 0.15) is 40.0 Å². The van der Waals surface area contributed by atoms with E-state index in [0.717, 1.165) is 37.4 Å². The predicted molar refractivity (Wildman–Crippen MR) is 84.4 cm³/mol. The first kappa shape index (κ1) is 20.1. The second-order valence-corrected chi connectivity index (χ2v) is 5.67. The van der Waals surface area contributed by atoms with Crippen molar-refractivity contribution in [3.63, 3.8) is 0 Å². The third-order valence-electron chi connectivity index (χ3n) is 2.41. The zero-order valence-electron chi connectivity index (χ0n) is 13.2. The van der Waals surface area contributed by atoms with Crippen LogP contribution in [0.2, 0.25) is 0 Å². The van der Waals surface area contributed by atoms with Crippen LogP contribution in [-0.4, -0.2) is 61.4 Å². The summed E-state index contributed by atoms with van der Waals surface area (Å²) in [6.45, 7) is 8.07. The molecule has 0 aliphatic rings. The summed E-state index contributed by atoms with van der Waals surface area (Å²) in [5, 5.41) is 0. The van der Waals surface area contributed by atoms with Crippen LogP contribution >= 0.6 is 11.8 Å². The van der Waals surface area contributed by atoms with Crippen LogP contribution in [0.3, 0.4) is 0 Å². The van der Waals surface area contributed by atoms with Crippen LogP contribution < -0.4 is 0 Å². The third-order valence-corrected chi connectivity index (χ3v) is 3.39. The SMILES string of the molecule is CC.CCSCCCC(=O)N(C)CCCN(C)C. The first-order chi connectivity index (χ1) is 8.57. The summed E-state index contributed by atoms with van der Waals surface area (Å²) in [5.41, 5.74) is 0. The Bertz CT molecular complexity index is 187. The van der Waals surface area contributed by atoms with Crippen molar-refractivity contribution < 1.29 is 4.79 Å². The molecule has 0 atom stereocenters. The van der Waals surface area contributed by atoms with Gasteiger partial charge in [-0.1, -0.05) is 20.8 Å². The molecule has 3 nitrogen and oxygen atoms in total. The number of rotatable bonds is 9. The van der Waals surface area contributed by atoms with Gasteiger partial charge in [-0.2, -0.15) is 11.8 Å². The second-order valence-electron chi connectivity index (χ2n) is 4.27. The second kappa shape index (κ2) is 14.8. The van der Waals surface area contributed by atoms with Crippen LogP contribution in [0.15, 0.2) is 0 Å². The lowest BCUT2D eigenvalue weighted by Gasteiger charge is -2.18. The van der Waals surface area contributed by atoms with Gasteiger partial charge in [0.05, 0.1) is 0 Å². The molecule has 1 amide bonds. The minimum atomic E-state index is 0.287. The molecule has 18 heavy (non-hydrogen) atoms. The normalized spacial score (nSPS) is 9.94. The molecule has 0 heterocycles. The highest BCUT2D eigenvalue weighted by Crippen LogP contribution is 2.05. The summed E-state index contributed by atoms with van der Waals surface area (Å²) in [7, 11) is 6.03. The van der Waals surface area contributed by atoms with Crippen molar-refractivity contribution in [1.29, 1.82) is 0 Å². The lowest BCUT2D eigenvalue weighted by molar-refractivity contribution is -0.129. The predicted octanol–water partition coefficient (Wildman–Crippen LogP) is 2.96. The third kappa shape index (κ3) is 13.8. The molecule has 0 saturated carbocycles. The summed E-state index contributed by atoms with van der Waals surface area (Å²) < 4.78 is 0. The van der Waals surface area contributed by atoms with E-state index >= 15 is 0 Å². The molecule has 0 rings (SSSR count). The Kier molecular flexibility index (Phi) is 16.6. The first-order valence-electron chi connectivity index (χ1n) is 7.04. The van der Waals surface area contributed by atoms with Crippen molar-refractivity contribution in [2.75, 3.05) is 45.7 Å². The molecule has 0 fully saturated rings. The Morgan fingerprint density at radius 2 is 1.67 bits per heavy atom. The quantitative estimate of drug-likeness (QED) is 0.605.